The lowest BCUT2D eigenvalue weighted by Crippen LogP contribution is -2.14. The third-order valence-electron chi connectivity index (χ3n) is 3.85. The molecule has 0 aliphatic heterocycles. The third kappa shape index (κ3) is 4.08. The van der Waals surface area contributed by atoms with Crippen molar-refractivity contribution >= 4 is 21.7 Å². The van der Waals surface area contributed by atoms with Gasteiger partial charge in [-0.05, 0) is 40.9 Å². The molecule has 6 heteroatoms. The summed E-state index contributed by atoms with van der Waals surface area (Å²) in [5.41, 5.74) is 1.50. The Morgan fingerprint density at radius 2 is 1.80 bits per heavy atom. The SMILES string of the molecule is COC(OC)c1c(F)c(C)c(C(C)=O)c(OCc2ccccc2)c1Br. The van der Waals surface area contributed by atoms with Gasteiger partial charge in [0.05, 0.1) is 15.6 Å². The van der Waals surface area contributed by atoms with Gasteiger partial charge in [-0.2, -0.15) is 0 Å². The predicted octanol–water partition coefficient (Wildman–Crippen LogP) is 4.97. The summed E-state index contributed by atoms with van der Waals surface area (Å²) in [5.74, 6) is -0.555. The van der Waals surface area contributed by atoms with Crippen molar-refractivity contribution in [2.45, 2.75) is 26.7 Å². The van der Waals surface area contributed by atoms with Crippen LogP contribution in [0.4, 0.5) is 4.39 Å². The highest BCUT2D eigenvalue weighted by Gasteiger charge is 2.29. The van der Waals surface area contributed by atoms with E-state index in [1.165, 1.54) is 21.1 Å². The van der Waals surface area contributed by atoms with E-state index in [0.717, 1.165) is 5.56 Å². The summed E-state index contributed by atoms with van der Waals surface area (Å²) in [6, 6.07) is 9.51. The molecule has 0 N–H and O–H groups in total. The van der Waals surface area contributed by atoms with E-state index in [4.69, 9.17) is 14.2 Å². The topological polar surface area (TPSA) is 44.8 Å². The highest BCUT2D eigenvalue weighted by Crippen LogP contribution is 2.41. The van der Waals surface area contributed by atoms with Crippen LogP contribution in [-0.4, -0.2) is 20.0 Å². The summed E-state index contributed by atoms with van der Waals surface area (Å²) in [6.07, 6.45) is -0.923. The molecule has 0 aliphatic carbocycles. The molecule has 4 nitrogen and oxygen atoms in total. The number of hydrogen-bond donors (Lipinski definition) is 0. The van der Waals surface area contributed by atoms with Crippen LogP contribution in [0.5, 0.6) is 5.75 Å². The standard InChI is InChI=1S/C19H20BrFO4/c1-11-14(12(2)22)18(25-10-13-8-6-5-7-9-13)16(20)15(17(11)21)19(23-3)24-4/h5-9,19H,10H2,1-4H3. The maximum absolute atomic E-state index is 14.9. The molecule has 0 aliphatic rings. The van der Waals surface area contributed by atoms with Crippen molar-refractivity contribution in [3.8, 4) is 5.75 Å². The van der Waals surface area contributed by atoms with Gasteiger partial charge in [-0.3, -0.25) is 4.79 Å². The van der Waals surface area contributed by atoms with Crippen molar-refractivity contribution in [2.75, 3.05) is 14.2 Å². The van der Waals surface area contributed by atoms with Gasteiger partial charge in [-0.1, -0.05) is 30.3 Å². The minimum atomic E-state index is -0.923. The fourth-order valence-corrected chi connectivity index (χ4v) is 3.31. The smallest absolute Gasteiger partial charge is 0.187 e. The maximum atomic E-state index is 14.9. The number of ether oxygens (including phenoxy) is 3. The number of Topliss-reactive ketones (excluding diaryl/α,β-unsaturated/α-hetero) is 1. The van der Waals surface area contributed by atoms with E-state index < -0.39 is 12.1 Å². The quantitative estimate of drug-likeness (QED) is 0.477. The van der Waals surface area contributed by atoms with Crippen molar-refractivity contribution < 1.29 is 23.4 Å². The first-order valence-corrected chi connectivity index (χ1v) is 8.46. The van der Waals surface area contributed by atoms with E-state index in [0.29, 0.717) is 4.47 Å². The lowest BCUT2D eigenvalue weighted by Gasteiger charge is -2.22. The first-order valence-electron chi connectivity index (χ1n) is 7.67. The molecule has 134 valence electrons. The van der Waals surface area contributed by atoms with Crippen LogP contribution < -0.4 is 4.74 Å². The van der Waals surface area contributed by atoms with Crippen LogP contribution in [0, 0.1) is 12.7 Å². The monoisotopic (exact) mass is 410 g/mol. The number of benzene rings is 2. The van der Waals surface area contributed by atoms with Crippen molar-refractivity contribution in [1.29, 1.82) is 0 Å². The molecular formula is C19H20BrFO4. The molecule has 0 bridgehead atoms. The van der Waals surface area contributed by atoms with Gasteiger partial charge in [0.1, 0.15) is 18.2 Å². The van der Waals surface area contributed by atoms with Gasteiger partial charge in [0.25, 0.3) is 0 Å². The molecule has 0 unspecified atom stereocenters. The summed E-state index contributed by atoms with van der Waals surface area (Å²) < 4.78 is 31.4. The van der Waals surface area contributed by atoms with Crippen LogP contribution in [0.3, 0.4) is 0 Å². The number of halogens is 2. The molecule has 0 aromatic heterocycles. The molecule has 2 aromatic rings. The molecule has 0 spiro atoms. The second-order valence-electron chi connectivity index (χ2n) is 5.50. The molecular weight excluding hydrogens is 391 g/mol. The van der Waals surface area contributed by atoms with E-state index in [9.17, 15) is 9.18 Å². The highest BCUT2D eigenvalue weighted by atomic mass is 79.9. The van der Waals surface area contributed by atoms with Crippen molar-refractivity contribution in [3.63, 3.8) is 0 Å². The normalized spacial score (nSPS) is 11.0. The largest absolute Gasteiger partial charge is 0.487 e. The summed E-state index contributed by atoms with van der Waals surface area (Å²) >= 11 is 3.36. The fraction of sp³-hybridized carbons (Fsp3) is 0.316. The van der Waals surface area contributed by atoms with Gasteiger partial charge >= 0.3 is 0 Å². The molecule has 2 rings (SSSR count). The number of ketones is 1. The summed E-state index contributed by atoms with van der Waals surface area (Å²) in [4.78, 5) is 12.1. The molecule has 0 radical (unpaired) electrons. The average Bonchev–Trinajstić information content (AvgIpc) is 2.61. The lowest BCUT2D eigenvalue weighted by molar-refractivity contribution is -0.108. The third-order valence-corrected chi connectivity index (χ3v) is 4.63. The number of methoxy groups -OCH3 is 2. The molecule has 25 heavy (non-hydrogen) atoms. The van der Waals surface area contributed by atoms with Crippen LogP contribution in [0.2, 0.25) is 0 Å². The first kappa shape index (κ1) is 19.6. The van der Waals surface area contributed by atoms with Gasteiger partial charge < -0.3 is 14.2 Å². The molecule has 0 saturated heterocycles. The van der Waals surface area contributed by atoms with Crippen molar-refractivity contribution in [3.05, 3.63) is 62.9 Å². The zero-order chi connectivity index (χ0) is 18.6. The minimum Gasteiger partial charge on any atom is -0.487 e. The van der Waals surface area contributed by atoms with Crippen LogP contribution in [-0.2, 0) is 16.1 Å². The zero-order valence-corrected chi connectivity index (χ0v) is 16.1. The predicted molar refractivity (Wildman–Crippen MR) is 96.4 cm³/mol. The number of rotatable bonds is 7. The van der Waals surface area contributed by atoms with E-state index in [1.807, 2.05) is 30.3 Å². The van der Waals surface area contributed by atoms with Gasteiger partial charge in [-0.25, -0.2) is 4.39 Å². The Bertz CT molecular complexity index is 758. The summed E-state index contributed by atoms with van der Waals surface area (Å²) in [5, 5.41) is 0. The maximum Gasteiger partial charge on any atom is 0.187 e. The Labute approximate surface area is 155 Å². The second kappa shape index (κ2) is 8.56. The van der Waals surface area contributed by atoms with Crippen LogP contribution in [0.25, 0.3) is 0 Å². The molecule has 0 heterocycles. The molecule has 0 amide bonds. The van der Waals surface area contributed by atoms with Crippen molar-refractivity contribution in [1.82, 2.24) is 0 Å². The van der Waals surface area contributed by atoms with Crippen LogP contribution in [0.1, 0.15) is 40.3 Å². The average molecular weight is 411 g/mol. The fourth-order valence-electron chi connectivity index (χ4n) is 2.64. The number of carbonyl (C=O) groups is 1. The Hall–Kier alpha value is -1.76. The summed E-state index contributed by atoms with van der Waals surface area (Å²) in [7, 11) is 2.83. The van der Waals surface area contributed by atoms with Crippen LogP contribution >= 0.6 is 15.9 Å². The van der Waals surface area contributed by atoms with Gasteiger partial charge in [0.2, 0.25) is 0 Å². The summed E-state index contributed by atoms with van der Waals surface area (Å²) in [6.45, 7) is 3.17. The Kier molecular flexibility index (Phi) is 6.70. The highest BCUT2D eigenvalue weighted by molar-refractivity contribution is 9.10. The number of hydrogen-bond acceptors (Lipinski definition) is 4. The van der Waals surface area contributed by atoms with E-state index in [1.54, 1.807) is 6.92 Å². The van der Waals surface area contributed by atoms with Gasteiger partial charge in [0, 0.05) is 14.2 Å². The minimum absolute atomic E-state index is 0.163. The molecule has 0 atom stereocenters. The lowest BCUT2D eigenvalue weighted by atomic mass is 9.99. The Morgan fingerprint density at radius 3 is 2.32 bits per heavy atom. The van der Waals surface area contributed by atoms with Crippen molar-refractivity contribution in [2.24, 2.45) is 0 Å². The molecule has 0 fully saturated rings. The van der Waals surface area contributed by atoms with E-state index in [2.05, 4.69) is 15.9 Å². The second-order valence-corrected chi connectivity index (χ2v) is 6.30. The Morgan fingerprint density at radius 1 is 1.20 bits per heavy atom. The molecule has 0 saturated carbocycles. The van der Waals surface area contributed by atoms with Gasteiger partial charge in [-0.15, -0.1) is 0 Å². The zero-order valence-electron chi connectivity index (χ0n) is 14.6. The van der Waals surface area contributed by atoms with E-state index in [-0.39, 0.29) is 34.8 Å². The number of carbonyl (C=O) groups excluding carboxylic acids is 1. The van der Waals surface area contributed by atoms with Gasteiger partial charge in [0.15, 0.2) is 12.1 Å². The van der Waals surface area contributed by atoms with E-state index >= 15 is 0 Å². The molecule has 2 aromatic carbocycles. The van der Waals surface area contributed by atoms with Crippen LogP contribution in [0.15, 0.2) is 34.8 Å². The first-order chi connectivity index (χ1) is 11.9. The Balaban J connectivity index is 2.56.